The van der Waals surface area contributed by atoms with Crippen LogP contribution in [0.2, 0.25) is 0 Å². The van der Waals surface area contributed by atoms with Crippen LogP contribution in [0.3, 0.4) is 0 Å². The maximum absolute atomic E-state index is 13.1. The summed E-state index contributed by atoms with van der Waals surface area (Å²) in [5, 5.41) is 18.9. The highest BCUT2D eigenvalue weighted by atomic mass is 127. The van der Waals surface area contributed by atoms with Gasteiger partial charge in [-0.15, -0.1) is 35.3 Å². The van der Waals surface area contributed by atoms with Crippen LogP contribution in [-0.4, -0.2) is 61.9 Å². The third-order valence-corrected chi connectivity index (χ3v) is 5.82. The van der Waals surface area contributed by atoms with E-state index in [1.165, 1.54) is 17.0 Å². The molecule has 1 saturated heterocycles. The molecule has 0 aliphatic carbocycles. The van der Waals surface area contributed by atoms with Crippen LogP contribution in [0.5, 0.6) is 0 Å². The highest BCUT2D eigenvalue weighted by Gasteiger charge is 2.23. The third kappa shape index (κ3) is 7.45. The zero-order valence-corrected chi connectivity index (χ0v) is 20.2. The van der Waals surface area contributed by atoms with Gasteiger partial charge in [-0.1, -0.05) is 18.2 Å². The Hall–Kier alpha value is -1.27. The summed E-state index contributed by atoms with van der Waals surface area (Å²) in [5.74, 6) is 0.343. The normalized spacial score (nSPS) is 17.1. The number of rotatable bonds is 8. The van der Waals surface area contributed by atoms with Gasteiger partial charge < -0.3 is 20.5 Å². The van der Waals surface area contributed by atoms with Gasteiger partial charge in [-0.2, -0.15) is 0 Å². The number of nitrogens with one attached hydrogen (secondary N) is 2. The molecule has 1 aromatic carbocycles. The predicted octanol–water partition coefficient (Wildman–Crippen LogP) is 3.17. The molecule has 2 aromatic rings. The van der Waals surface area contributed by atoms with E-state index in [9.17, 15) is 9.50 Å². The number of aliphatic imine (C=N–C) groups is 1. The molecule has 1 fully saturated rings. The lowest BCUT2D eigenvalue weighted by atomic mass is 10.1. The SMILES string of the molecule is CCNC(=NCC(c1cccs1)N1CCOCC1)NCC(O)c1ccc(F)cc1.I. The number of morpholine rings is 1. The number of hydrogen-bond acceptors (Lipinski definition) is 5. The molecule has 166 valence electrons. The topological polar surface area (TPSA) is 69.1 Å². The second-order valence-corrected chi connectivity index (χ2v) is 7.83. The zero-order chi connectivity index (χ0) is 20.5. The molecular formula is C21H30FIN4O2S. The summed E-state index contributed by atoms with van der Waals surface area (Å²) in [6, 6.07) is 10.3. The van der Waals surface area contributed by atoms with Crippen molar-refractivity contribution in [3.63, 3.8) is 0 Å². The van der Waals surface area contributed by atoms with Crippen molar-refractivity contribution >= 4 is 41.3 Å². The molecule has 2 unspecified atom stereocenters. The number of hydrogen-bond donors (Lipinski definition) is 3. The van der Waals surface area contributed by atoms with Crippen LogP contribution in [0, 0.1) is 5.82 Å². The molecule has 1 aliphatic rings. The molecular weight excluding hydrogens is 518 g/mol. The number of nitrogens with zero attached hydrogens (tertiary/aromatic N) is 2. The van der Waals surface area contributed by atoms with E-state index in [2.05, 4.69) is 33.0 Å². The molecule has 9 heteroatoms. The summed E-state index contributed by atoms with van der Waals surface area (Å²) >= 11 is 1.74. The van der Waals surface area contributed by atoms with E-state index in [4.69, 9.17) is 9.73 Å². The van der Waals surface area contributed by atoms with E-state index in [1.54, 1.807) is 23.5 Å². The quantitative estimate of drug-likeness (QED) is 0.269. The smallest absolute Gasteiger partial charge is 0.191 e. The van der Waals surface area contributed by atoms with Crippen molar-refractivity contribution in [1.82, 2.24) is 15.5 Å². The zero-order valence-electron chi connectivity index (χ0n) is 17.1. The van der Waals surface area contributed by atoms with Gasteiger partial charge in [0.1, 0.15) is 5.82 Å². The van der Waals surface area contributed by atoms with Gasteiger partial charge in [-0.05, 0) is 36.1 Å². The highest BCUT2D eigenvalue weighted by Crippen LogP contribution is 2.26. The molecule has 0 spiro atoms. The Morgan fingerprint density at radius 3 is 2.60 bits per heavy atom. The molecule has 0 radical (unpaired) electrons. The Morgan fingerprint density at radius 2 is 1.97 bits per heavy atom. The van der Waals surface area contributed by atoms with Crippen molar-refractivity contribution < 1.29 is 14.2 Å². The van der Waals surface area contributed by atoms with E-state index in [0.717, 1.165) is 32.8 Å². The third-order valence-electron chi connectivity index (χ3n) is 4.84. The molecule has 2 atom stereocenters. The van der Waals surface area contributed by atoms with Gasteiger partial charge in [0, 0.05) is 31.1 Å². The molecule has 1 aromatic heterocycles. The minimum Gasteiger partial charge on any atom is -0.387 e. The summed E-state index contributed by atoms with van der Waals surface area (Å²) in [6.45, 7) is 6.91. The van der Waals surface area contributed by atoms with E-state index < -0.39 is 6.10 Å². The Kier molecular flexibility index (Phi) is 11.0. The van der Waals surface area contributed by atoms with Crippen LogP contribution in [-0.2, 0) is 4.74 Å². The standard InChI is InChI=1S/C21H29FN4O2S.HI/c1-2-23-21(25-15-19(27)16-5-7-17(22)8-6-16)24-14-18(20-4-3-13-29-20)26-9-11-28-12-10-26;/h3-8,13,18-19,27H,2,9-12,14-15H2,1H3,(H2,23,24,25);1H. The number of benzene rings is 1. The number of halogens is 2. The number of guanidine groups is 1. The lowest BCUT2D eigenvalue weighted by molar-refractivity contribution is 0.0186. The monoisotopic (exact) mass is 548 g/mol. The van der Waals surface area contributed by atoms with E-state index in [1.807, 2.05) is 6.92 Å². The molecule has 30 heavy (non-hydrogen) atoms. The number of aliphatic hydroxyl groups excluding tert-OH is 1. The second kappa shape index (κ2) is 13.2. The minimum absolute atomic E-state index is 0. The minimum atomic E-state index is -0.744. The van der Waals surface area contributed by atoms with E-state index in [0.29, 0.717) is 24.6 Å². The van der Waals surface area contributed by atoms with Gasteiger partial charge in [0.2, 0.25) is 0 Å². The predicted molar refractivity (Wildman–Crippen MR) is 130 cm³/mol. The Labute approximate surface area is 198 Å². The van der Waals surface area contributed by atoms with Gasteiger partial charge in [-0.25, -0.2) is 4.39 Å². The van der Waals surface area contributed by atoms with E-state index in [-0.39, 0.29) is 35.8 Å². The number of ether oxygens (including phenoxy) is 1. The Bertz CT molecular complexity index is 755. The van der Waals surface area contributed by atoms with Gasteiger partial charge in [0.25, 0.3) is 0 Å². The lowest BCUT2D eigenvalue weighted by Gasteiger charge is -2.33. The van der Waals surface area contributed by atoms with Crippen LogP contribution in [0.1, 0.15) is 29.5 Å². The van der Waals surface area contributed by atoms with Crippen molar-refractivity contribution in [2.75, 3.05) is 45.9 Å². The lowest BCUT2D eigenvalue weighted by Crippen LogP contribution is -2.42. The summed E-state index contributed by atoms with van der Waals surface area (Å²) < 4.78 is 18.6. The first-order valence-corrected chi connectivity index (χ1v) is 10.9. The van der Waals surface area contributed by atoms with Crippen molar-refractivity contribution in [3.8, 4) is 0 Å². The summed E-state index contributed by atoms with van der Waals surface area (Å²) in [4.78, 5) is 8.47. The Balaban J connectivity index is 0.00000320. The second-order valence-electron chi connectivity index (χ2n) is 6.85. The Morgan fingerprint density at radius 1 is 1.23 bits per heavy atom. The first kappa shape index (κ1) is 25.0. The van der Waals surface area contributed by atoms with Gasteiger partial charge >= 0.3 is 0 Å². The maximum atomic E-state index is 13.1. The highest BCUT2D eigenvalue weighted by molar-refractivity contribution is 14.0. The average Bonchev–Trinajstić information content (AvgIpc) is 3.27. The fourth-order valence-corrected chi connectivity index (χ4v) is 4.12. The molecule has 0 amide bonds. The van der Waals surface area contributed by atoms with Crippen molar-refractivity contribution in [1.29, 1.82) is 0 Å². The molecule has 3 rings (SSSR count). The van der Waals surface area contributed by atoms with Gasteiger partial charge in [0.15, 0.2) is 5.96 Å². The fraction of sp³-hybridized carbons (Fsp3) is 0.476. The van der Waals surface area contributed by atoms with Gasteiger partial charge in [0.05, 0.1) is 31.9 Å². The van der Waals surface area contributed by atoms with E-state index >= 15 is 0 Å². The van der Waals surface area contributed by atoms with Crippen LogP contribution < -0.4 is 10.6 Å². The largest absolute Gasteiger partial charge is 0.387 e. The average molecular weight is 548 g/mol. The summed E-state index contributed by atoms with van der Waals surface area (Å²) in [7, 11) is 0. The summed E-state index contributed by atoms with van der Waals surface area (Å²) in [6.07, 6.45) is -0.744. The van der Waals surface area contributed by atoms with Crippen LogP contribution >= 0.6 is 35.3 Å². The molecule has 2 heterocycles. The van der Waals surface area contributed by atoms with Gasteiger partial charge in [-0.3, -0.25) is 9.89 Å². The number of thiophene rings is 1. The molecule has 6 nitrogen and oxygen atoms in total. The van der Waals surface area contributed by atoms with Crippen LogP contribution in [0.25, 0.3) is 0 Å². The maximum Gasteiger partial charge on any atom is 0.191 e. The van der Waals surface area contributed by atoms with Crippen LogP contribution in [0.4, 0.5) is 4.39 Å². The molecule has 0 bridgehead atoms. The van der Waals surface area contributed by atoms with Crippen LogP contribution in [0.15, 0.2) is 46.8 Å². The van der Waals surface area contributed by atoms with Crippen molar-refractivity contribution in [3.05, 3.63) is 58.0 Å². The molecule has 1 aliphatic heterocycles. The first-order chi connectivity index (χ1) is 14.2. The van der Waals surface area contributed by atoms with Crippen molar-refractivity contribution in [2.45, 2.75) is 19.1 Å². The molecule has 3 N–H and O–H groups in total. The number of aliphatic hydroxyl groups is 1. The first-order valence-electron chi connectivity index (χ1n) is 9.98. The summed E-state index contributed by atoms with van der Waals surface area (Å²) in [5.41, 5.74) is 0.666. The fourth-order valence-electron chi connectivity index (χ4n) is 3.27. The van der Waals surface area contributed by atoms with Crippen molar-refractivity contribution in [2.24, 2.45) is 4.99 Å². The molecule has 0 saturated carbocycles.